The second-order valence-electron chi connectivity index (χ2n) is 3.74. The van der Waals surface area contributed by atoms with Crippen LogP contribution in [0.25, 0.3) is 0 Å². The van der Waals surface area contributed by atoms with Gasteiger partial charge in [-0.1, -0.05) is 0 Å². The van der Waals surface area contributed by atoms with Crippen LogP contribution in [0, 0.1) is 6.92 Å². The first-order valence-electron chi connectivity index (χ1n) is 5.51. The molecule has 1 amide bonds. The minimum Gasteiger partial charge on any atom is -0.372 e. The van der Waals surface area contributed by atoms with Gasteiger partial charge in [-0.15, -0.1) is 0 Å². The van der Waals surface area contributed by atoms with Crippen molar-refractivity contribution in [2.24, 2.45) is 0 Å². The average Bonchev–Trinajstić information content (AvgIpc) is 2.36. The molecule has 0 radical (unpaired) electrons. The highest BCUT2D eigenvalue weighted by molar-refractivity contribution is 5.84. The fraction of sp³-hybridized carbons (Fsp3) is 0.417. The van der Waals surface area contributed by atoms with Crippen LogP contribution in [0.4, 0.5) is 5.69 Å². The molecule has 2 N–H and O–H groups in total. The molecule has 0 aromatic carbocycles. The third-order valence-electron chi connectivity index (χ3n) is 2.39. The summed E-state index contributed by atoms with van der Waals surface area (Å²) in [6.45, 7) is 1.90. The number of carbonyl (C=O) groups excluding carboxylic acids is 2. The lowest BCUT2D eigenvalue weighted by Crippen LogP contribution is -2.37. The molecule has 5 heteroatoms. The Balaban J connectivity index is 2.67. The minimum atomic E-state index is -0.408. The van der Waals surface area contributed by atoms with Crippen LogP contribution in [0.2, 0.25) is 0 Å². The van der Waals surface area contributed by atoms with Crippen LogP contribution in [0.5, 0.6) is 0 Å². The van der Waals surface area contributed by atoms with Gasteiger partial charge in [0, 0.05) is 19.2 Å². The second kappa shape index (κ2) is 6.62. The lowest BCUT2D eigenvalue weighted by molar-refractivity contribution is -0.121. The lowest BCUT2D eigenvalue weighted by Gasteiger charge is -2.17. The zero-order valence-electron chi connectivity index (χ0n) is 10.1. The molecular formula is C12H17N3O2. The van der Waals surface area contributed by atoms with E-state index in [1.807, 2.05) is 19.1 Å². The van der Waals surface area contributed by atoms with Gasteiger partial charge >= 0.3 is 0 Å². The average molecular weight is 235 g/mol. The van der Waals surface area contributed by atoms with Gasteiger partial charge in [0.2, 0.25) is 5.91 Å². The van der Waals surface area contributed by atoms with Crippen LogP contribution >= 0.6 is 0 Å². The first kappa shape index (κ1) is 13.2. The Morgan fingerprint density at radius 1 is 1.53 bits per heavy atom. The Morgan fingerprint density at radius 2 is 2.29 bits per heavy atom. The molecule has 1 atom stereocenters. The predicted molar refractivity (Wildman–Crippen MR) is 65.7 cm³/mol. The van der Waals surface area contributed by atoms with Gasteiger partial charge in [-0.2, -0.15) is 0 Å². The molecule has 0 saturated heterocycles. The van der Waals surface area contributed by atoms with Gasteiger partial charge in [-0.3, -0.25) is 9.78 Å². The SMILES string of the molecule is CNC(=O)C(CCC=O)Nc1ccc(C)nc1. The molecule has 92 valence electrons. The van der Waals surface area contributed by atoms with E-state index in [1.165, 1.54) is 0 Å². The molecule has 1 aromatic rings. The van der Waals surface area contributed by atoms with Gasteiger partial charge in [0.05, 0.1) is 11.9 Å². The number of nitrogens with zero attached hydrogens (tertiary/aromatic N) is 1. The van der Waals surface area contributed by atoms with E-state index in [2.05, 4.69) is 15.6 Å². The van der Waals surface area contributed by atoms with Crippen LogP contribution in [0.3, 0.4) is 0 Å². The van der Waals surface area contributed by atoms with Crippen LogP contribution in [0.15, 0.2) is 18.3 Å². The molecule has 1 rings (SSSR count). The van der Waals surface area contributed by atoms with Crippen molar-refractivity contribution in [2.75, 3.05) is 12.4 Å². The molecule has 0 fully saturated rings. The van der Waals surface area contributed by atoms with Gasteiger partial charge < -0.3 is 15.4 Å². The summed E-state index contributed by atoms with van der Waals surface area (Å²) in [5.74, 6) is -0.132. The number of anilines is 1. The van der Waals surface area contributed by atoms with E-state index >= 15 is 0 Å². The maximum absolute atomic E-state index is 11.6. The van der Waals surface area contributed by atoms with E-state index < -0.39 is 6.04 Å². The summed E-state index contributed by atoms with van der Waals surface area (Å²) in [7, 11) is 1.57. The largest absolute Gasteiger partial charge is 0.372 e. The zero-order valence-corrected chi connectivity index (χ0v) is 10.1. The maximum atomic E-state index is 11.6. The summed E-state index contributed by atoms with van der Waals surface area (Å²) in [4.78, 5) is 26.1. The van der Waals surface area contributed by atoms with E-state index in [9.17, 15) is 9.59 Å². The third-order valence-corrected chi connectivity index (χ3v) is 2.39. The highest BCUT2D eigenvalue weighted by Gasteiger charge is 2.16. The molecule has 0 bridgehead atoms. The number of likely N-dealkylation sites (N-methyl/N-ethyl adjacent to an activating group) is 1. The normalized spacial score (nSPS) is 11.6. The Labute approximate surface area is 101 Å². The number of nitrogens with one attached hydrogen (secondary N) is 2. The number of rotatable bonds is 6. The Morgan fingerprint density at radius 3 is 2.82 bits per heavy atom. The predicted octanol–water partition coefficient (Wildman–Crippen LogP) is 0.896. The monoisotopic (exact) mass is 235 g/mol. The van der Waals surface area contributed by atoms with E-state index in [0.29, 0.717) is 12.8 Å². The zero-order chi connectivity index (χ0) is 12.7. The highest BCUT2D eigenvalue weighted by Crippen LogP contribution is 2.10. The van der Waals surface area contributed by atoms with Crippen molar-refractivity contribution < 1.29 is 9.59 Å². The molecule has 0 aliphatic heterocycles. The van der Waals surface area contributed by atoms with E-state index in [-0.39, 0.29) is 5.91 Å². The fourth-order valence-electron chi connectivity index (χ4n) is 1.43. The fourth-order valence-corrected chi connectivity index (χ4v) is 1.43. The molecular weight excluding hydrogens is 218 g/mol. The topological polar surface area (TPSA) is 71.1 Å². The smallest absolute Gasteiger partial charge is 0.242 e. The number of aldehydes is 1. The van der Waals surface area contributed by atoms with Crippen LogP contribution in [-0.2, 0) is 9.59 Å². The van der Waals surface area contributed by atoms with Crippen LogP contribution in [0.1, 0.15) is 18.5 Å². The summed E-state index contributed by atoms with van der Waals surface area (Å²) < 4.78 is 0. The first-order chi connectivity index (χ1) is 8.17. The molecule has 5 nitrogen and oxygen atoms in total. The van der Waals surface area contributed by atoms with E-state index in [4.69, 9.17) is 0 Å². The van der Waals surface area contributed by atoms with Crippen LogP contribution < -0.4 is 10.6 Å². The van der Waals surface area contributed by atoms with Gasteiger partial charge in [-0.05, 0) is 25.5 Å². The van der Waals surface area contributed by atoms with Gasteiger partial charge in [0.1, 0.15) is 12.3 Å². The van der Waals surface area contributed by atoms with Crippen molar-refractivity contribution in [1.29, 1.82) is 0 Å². The number of aryl methyl sites for hydroxylation is 1. The number of carbonyl (C=O) groups is 2. The summed E-state index contributed by atoms with van der Waals surface area (Å²) in [6.07, 6.45) is 3.30. The molecule has 0 aliphatic carbocycles. The summed E-state index contributed by atoms with van der Waals surface area (Å²) in [6, 6.07) is 3.32. The van der Waals surface area contributed by atoms with Crippen molar-refractivity contribution in [3.8, 4) is 0 Å². The Kier molecular flexibility index (Phi) is 5.13. The Bertz CT molecular complexity index is 376. The molecule has 17 heavy (non-hydrogen) atoms. The van der Waals surface area contributed by atoms with E-state index in [1.54, 1.807) is 13.2 Å². The van der Waals surface area contributed by atoms with Crippen LogP contribution in [-0.4, -0.2) is 30.3 Å². The molecule has 0 saturated carbocycles. The lowest BCUT2D eigenvalue weighted by atomic mass is 10.1. The number of hydrogen-bond acceptors (Lipinski definition) is 4. The number of aromatic nitrogens is 1. The molecule has 1 aromatic heterocycles. The van der Waals surface area contributed by atoms with Crippen molar-refractivity contribution in [2.45, 2.75) is 25.8 Å². The maximum Gasteiger partial charge on any atom is 0.242 e. The molecule has 0 aliphatic rings. The molecule has 1 unspecified atom stereocenters. The summed E-state index contributed by atoms with van der Waals surface area (Å²) >= 11 is 0. The van der Waals surface area contributed by atoms with Gasteiger partial charge in [0.25, 0.3) is 0 Å². The Hall–Kier alpha value is -1.91. The van der Waals surface area contributed by atoms with Gasteiger partial charge in [-0.25, -0.2) is 0 Å². The van der Waals surface area contributed by atoms with E-state index in [0.717, 1.165) is 17.7 Å². The highest BCUT2D eigenvalue weighted by atomic mass is 16.2. The number of amides is 1. The van der Waals surface area contributed by atoms with Crippen molar-refractivity contribution in [3.63, 3.8) is 0 Å². The molecule has 1 heterocycles. The number of pyridine rings is 1. The third kappa shape index (κ3) is 4.22. The van der Waals surface area contributed by atoms with Crippen molar-refractivity contribution >= 4 is 17.9 Å². The summed E-state index contributed by atoms with van der Waals surface area (Å²) in [5.41, 5.74) is 1.69. The van der Waals surface area contributed by atoms with Crippen molar-refractivity contribution in [3.05, 3.63) is 24.0 Å². The minimum absolute atomic E-state index is 0.132. The number of hydrogen-bond donors (Lipinski definition) is 2. The summed E-state index contributed by atoms with van der Waals surface area (Å²) in [5, 5.41) is 5.63. The standard InChI is InChI=1S/C12H17N3O2/c1-9-5-6-10(8-14-9)15-11(4-3-7-16)12(17)13-2/h5-8,11,15H,3-4H2,1-2H3,(H,13,17). The second-order valence-corrected chi connectivity index (χ2v) is 3.74. The first-order valence-corrected chi connectivity index (χ1v) is 5.51. The molecule has 0 spiro atoms. The van der Waals surface area contributed by atoms with Gasteiger partial charge in [0.15, 0.2) is 0 Å². The quantitative estimate of drug-likeness (QED) is 0.718. The van der Waals surface area contributed by atoms with Crippen molar-refractivity contribution in [1.82, 2.24) is 10.3 Å².